The third kappa shape index (κ3) is 2.36. The molecule has 0 unspecified atom stereocenters. The van der Waals surface area contributed by atoms with Crippen LogP contribution >= 0.6 is 7.94 Å². The standard InChI is InChI=1S/C11H17NO3P/c1-11(2)7-14-16(13,15-8-11)10-5-3-9(12)4-6-10/h3-6,13H,7-8,12H2,1-2H3. The number of hydrogen-bond donors (Lipinski definition) is 2. The van der Waals surface area contributed by atoms with Crippen LogP contribution in [0.4, 0.5) is 5.69 Å². The van der Waals surface area contributed by atoms with Crippen molar-refractivity contribution in [3.63, 3.8) is 0 Å². The summed E-state index contributed by atoms with van der Waals surface area (Å²) in [5.41, 5.74) is 6.21. The van der Waals surface area contributed by atoms with E-state index in [9.17, 15) is 4.89 Å². The van der Waals surface area contributed by atoms with Crippen molar-refractivity contribution >= 4 is 18.9 Å². The molecule has 0 saturated carbocycles. The summed E-state index contributed by atoms with van der Waals surface area (Å²) in [4.78, 5) is 10.3. The van der Waals surface area contributed by atoms with Crippen LogP contribution in [0.3, 0.4) is 0 Å². The lowest BCUT2D eigenvalue weighted by atomic mass is 9.97. The first-order valence-electron chi connectivity index (χ1n) is 5.18. The van der Waals surface area contributed by atoms with Crippen LogP contribution in [-0.4, -0.2) is 18.1 Å². The van der Waals surface area contributed by atoms with Crippen LogP contribution in [0.25, 0.3) is 0 Å². The second-order valence-corrected chi connectivity index (χ2v) is 6.90. The maximum Gasteiger partial charge on any atom is 0.262 e. The summed E-state index contributed by atoms with van der Waals surface area (Å²) in [5.74, 6) is 0. The van der Waals surface area contributed by atoms with Crippen LogP contribution < -0.4 is 11.0 Å². The average molecular weight is 242 g/mol. The summed E-state index contributed by atoms with van der Waals surface area (Å²) < 4.78 is 11.0. The number of hydrogen-bond acceptors (Lipinski definition) is 4. The highest BCUT2D eigenvalue weighted by molar-refractivity contribution is 7.68. The topological polar surface area (TPSA) is 64.7 Å². The highest BCUT2D eigenvalue weighted by atomic mass is 31.2. The van der Waals surface area contributed by atoms with Crippen LogP contribution in [0.5, 0.6) is 0 Å². The lowest BCUT2D eigenvalue weighted by Crippen LogP contribution is -2.34. The molecule has 0 aromatic heterocycles. The van der Waals surface area contributed by atoms with Gasteiger partial charge < -0.3 is 19.7 Å². The molecule has 0 spiro atoms. The molecule has 0 atom stereocenters. The van der Waals surface area contributed by atoms with Crippen molar-refractivity contribution in [3.8, 4) is 0 Å². The van der Waals surface area contributed by atoms with Gasteiger partial charge >= 0.3 is 0 Å². The third-order valence-corrected chi connectivity index (χ3v) is 4.39. The van der Waals surface area contributed by atoms with Crippen molar-refractivity contribution in [1.29, 1.82) is 0 Å². The molecule has 0 amide bonds. The fourth-order valence-corrected chi connectivity index (χ4v) is 3.36. The van der Waals surface area contributed by atoms with Crippen LogP contribution in [0.1, 0.15) is 13.8 Å². The van der Waals surface area contributed by atoms with Gasteiger partial charge in [0.1, 0.15) is 0 Å². The molecule has 3 N–H and O–H groups in total. The van der Waals surface area contributed by atoms with E-state index in [1.807, 2.05) is 13.8 Å². The fraction of sp³-hybridized carbons (Fsp3) is 0.455. The van der Waals surface area contributed by atoms with Gasteiger partial charge in [-0.15, -0.1) is 0 Å². The van der Waals surface area contributed by atoms with Gasteiger partial charge in [0.15, 0.2) is 0 Å². The molecular formula is C11H17NO3P. The molecule has 5 heteroatoms. The van der Waals surface area contributed by atoms with Crippen molar-refractivity contribution in [2.45, 2.75) is 13.8 Å². The lowest BCUT2D eigenvalue weighted by Gasteiger charge is -2.40. The second kappa shape index (κ2) is 3.97. The quantitative estimate of drug-likeness (QED) is 0.581. The summed E-state index contributed by atoms with van der Waals surface area (Å²) in [7, 11) is -2.87. The Labute approximate surface area is 96.0 Å². The molecule has 1 fully saturated rings. The van der Waals surface area contributed by atoms with E-state index in [4.69, 9.17) is 14.8 Å². The van der Waals surface area contributed by atoms with E-state index in [1.165, 1.54) is 0 Å². The highest BCUT2D eigenvalue weighted by Crippen LogP contribution is 2.59. The van der Waals surface area contributed by atoms with Gasteiger partial charge in [0.05, 0.1) is 13.2 Å². The zero-order valence-electron chi connectivity index (χ0n) is 9.51. The molecule has 4 nitrogen and oxygen atoms in total. The van der Waals surface area contributed by atoms with Crippen molar-refractivity contribution in [1.82, 2.24) is 0 Å². The number of nitrogens with two attached hydrogens (primary N) is 1. The van der Waals surface area contributed by atoms with Crippen LogP contribution in [0, 0.1) is 5.41 Å². The molecule has 1 aliphatic rings. The first-order valence-corrected chi connectivity index (χ1v) is 6.76. The smallest absolute Gasteiger partial charge is 0.262 e. The molecule has 1 aliphatic heterocycles. The van der Waals surface area contributed by atoms with Gasteiger partial charge in [0, 0.05) is 16.4 Å². The van der Waals surface area contributed by atoms with E-state index in [1.54, 1.807) is 24.3 Å². The molecule has 0 aliphatic carbocycles. The molecule has 89 valence electrons. The molecule has 1 aromatic rings. The summed E-state index contributed by atoms with van der Waals surface area (Å²) >= 11 is 0. The van der Waals surface area contributed by atoms with Gasteiger partial charge in [0.2, 0.25) is 0 Å². The molecule has 0 bridgehead atoms. The maximum atomic E-state index is 10.3. The first kappa shape index (κ1) is 11.8. The van der Waals surface area contributed by atoms with E-state index < -0.39 is 7.94 Å². The largest absolute Gasteiger partial charge is 0.399 e. The Bertz CT molecular complexity index is 367. The summed E-state index contributed by atoms with van der Waals surface area (Å²) in [6.45, 7) is 5.09. The second-order valence-electron chi connectivity index (χ2n) is 4.82. The Morgan fingerprint density at radius 1 is 1.19 bits per heavy atom. The molecule has 16 heavy (non-hydrogen) atoms. The fourth-order valence-electron chi connectivity index (χ4n) is 1.42. The lowest BCUT2D eigenvalue weighted by molar-refractivity contribution is 0.0313. The third-order valence-electron chi connectivity index (χ3n) is 2.48. The zero-order chi connectivity index (χ0) is 11.8. The first-order chi connectivity index (χ1) is 7.41. The maximum absolute atomic E-state index is 10.3. The molecule has 2 rings (SSSR count). The van der Waals surface area contributed by atoms with Crippen molar-refractivity contribution in [3.05, 3.63) is 24.3 Å². The summed E-state index contributed by atoms with van der Waals surface area (Å²) in [6, 6.07) is 6.97. The highest BCUT2D eigenvalue weighted by Gasteiger charge is 2.39. The van der Waals surface area contributed by atoms with E-state index in [2.05, 4.69) is 0 Å². The Morgan fingerprint density at radius 2 is 1.69 bits per heavy atom. The van der Waals surface area contributed by atoms with Crippen molar-refractivity contribution in [2.24, 2.45) is 5.41 Å². The minimum absolute atomic E-state index is 0.0416. The zero-order valence-corrected chi connectivity index (χ0v) is 10.4. The Kier molecular flexibility index (Phi) is 2.93. The summed E-state index contributed by atoms with van der Waals surface area (Å²) in [5, 5.41) is 0.678. The number of rotatable bonds is 1. The van der Waals surface area contributed by atoms with Gasteiger partial charge in [0.25, 0.3) is 7.94 Å². The molecule has 1 aromatic carbocycles. The average Bonchev–Trinajstić information content (AvgIpc) is 2.24. The van der Waals surface area contributed by atoms with Gasteiger partial charge in [-0.05, 0) is 24.3 Å². The van der Waals surface area contributed by atoms with Gasteiger partial charge in [-0.25, -0.2) is 0 Å². The monoisotopic (exact) mass is 242 g/mol. The van der Waals surface area contributed by atoms with Gasteiger partial charge in [-0.2, -0.15) is 0 Å². The van der Waals surface area contributed by atoms with Gasteiger partial charge in [-0.3, -0.25) is 0 Å². The van der Waals surface area contributed by atoms with Crippen LogP contribution in [-0.2, 0) is 9.05 Å². The van der Waals surface area contributed by atoms with E-state index in [-0.39, 0.29) is 5.41 Å². The van der Waals surface area contributed by atoms with Crippen LogP contribution in [0.15, 0.2) is 24.3 Å². The normalized spacial score (nSPS) is 22.9. The molecular weight excluding hydrogens is 225 g/mol. The minimum Gasteiger partial charge on any atom is -0.399 e. The molecule has 1 radical (unpaired) electrons. The number of nitrogen functional groups attached to an aromatic ring is 1. The van der Waals surface area contributed by atoms with Crippen molar-refractivity contribution < 1.29 is 13.9 Å². The minimum atomic E-state index is -2.87. The summed E-state index contributed by atoms with van der Waals surface area (Å²) in [6.07, 6.45) is 0. The Hall–Kier alpha value is -0.670. The Morgan fingerprint density at radius 3 is 2.19 bits per heavy atom. The van der Waals surface area contributed by atoms with E-state index >= 15 is 0 Å². The molecule has 1 heterocycles. The van der Waals surface area contributed by atoms with E-state index in [0.717, 1.165) is 0 Å². The van der Waals surface area contributed by atoms with E-state index in [0.29, 0.717) is 24.2 Å². The van der Waals surface area contributed by atoms with Crippen LogP contribution in [0.2, 0.25) is 0 Å². The predicted octanol–water partition coefficient (Wildman–Crippen LogP) is 1.72. The Balaban J connectivity index is 2.18. The van der Waals surface area contributed by atoms with Crippen molar-refractivity contribution in [2.75, 3.05) is 18.9 Å². The SMILES string of the molecule is CC1(C)CO[P](O)(c2ccc(N)cc2)OC1. The predicted molar refractivity (Wildman–Crippen MR) is 65.3 cm³/mol. The number of anilines is 1. The molecule has 1 saturated heterocycles. The number of benzene rings is 1. The van der Waals surface area contributed by atoms with Gasteiger partial charge in [-0.1, -0.05) is 13.8 Å².